The van der Waals surface area contributed by atoms with Gasteiger partial charge in [0, 0.05) is 0 Å². The fraction of sp³-hybridized carbons (Fsp3) is 0.926. The van der Waals surface area contributed by atoms with Gasteiger partial charge >= 0.3 is 6.92 Å². The molecular formula is C27H48B2O2. The van der Waals surface area contributed by atoms with Gasteiger partial charge in [0.25, 0.3) is 0 Å². The molecule has 0 aromatic carbocycles. The number of rotatable bonds is 8. The Morgan fingerprint density at radius 1 is 0.548 bits per heavy atom. The van der Waals surface area contributed by atoms with E-state index in [0.29, 0.717) is 13.6 Å². The van der Waals surface area contributed by atoms with E-state index >= 15 is 0 Å². The van der Waals surface area contributed by atoms with Crippen LogP contribution < -0.4 is 0 Å². The molecule has 4 saturated carbocycles. The third-order valence-electron chi connectivity index (χ3n) is 9.40. The van der Waals surface area contributed by atoms with Crippen LogP contribution in [0.2, 0.25) is 23.3 Å². The molecule has 0 heterocycles. The van der Waals surface area contributed by atoms with Crippen molar-refractivity contribution in [3.05, 3.63) is 11.9 Å². The average molecular weight is 426 g/mol. The van der Waals surface area contributed by atoms with Gasteiger partial charge in [-0.05, 0) is 17.6 Å². The maximum absolute atomic E-state index is 6.93. The molecule has 0 saturated heterocycles. The van der Waals surface area contributed by atoms with Crippen LogP contribution in [0.25, 0.3) is 0 Å². The van der Waals surface area contributed by atoms with Crippen molar-refractivity contribution >= 4 is 13.6 Å². The first kappa shape index (κ1) is 23.6. The molecule has 4 aliphatic carbocycles. The van der Waals surface area contributed by atoms with E-state index in [1.54, 1.807) is 0 Å². The molecule has 0 N–H and O–H groups in total. The van der Waals surface area contributed by atoms with Crippen molar-refractivity contribution in [2.24, 2.45) is 0 Å². The molecule has 0 aromatic rings. The minimum absolute atomic E-state index is 0.394. The van der Waals surface area contributed by atoms with Crippen LogP contribution in [0, 0.1) is 0 Å². The lowest BCUT2D eigenvalue weighted by atomic mass is 9.30. The predicted molar refractivity (Wildman–Crippen MR) is 135 cm³/mol. The Bertz CT molecular complexity index is 491. The van der Waals surface area contributed by atoms with Crippen molar-refractivity contribution in [2.75, 3.05) is 7.11 Å². The third kappa shape index (κ3) is 6.73. The summed E-state index contributed by atoms with van der Waals surface area (Å²) in [5.74, 6) is 6.60. The Morgan fingerprint density at radius 2 is 0.903 bits per heavy atom. The summed E-state index contributed by atoms with van der Waals surface area (Å²) in [5.41, 5.74) is 0. The summed E-state index contributed by atoms with van der Waals surface area (Å²) in [5, 5.41) is 0. The lowest BCUT2D eigenvalue weighted by Crippen LogP contribution is -2.34. The van der Waals surface area contributed by atoms with Crippen molar-refractivity contribution in [1.29, 1.82) is 0 Å². The van der Waals surface area contributed by atoms with E-state index in [1.165, 1.54) is 128 Å². The Morgan fingerprint density at radius 3 is 1.26 bits per heavy atom. The summed E-state index contributed by atoms with van der Waals surface area (Å²) < 4.78 is 12.9. The second kappa shape index (κ2) is 12.6. The molecule has 0 spiro atoms. The van der Waals surface area contributed by atoms with Gasteiger partial charge in [0.15, 0.2) is 6.71 Å². The minimum atomic E-state index is 0.394. The molecule has 4 fully saturated rings. The van der Waals surface area contributed by atoms with Crippen molar-refractivity contribution in [3.8, 4) is 0 Å². The predicted octanol–water partition coefficient (Wildman–Crippen LogP) is 8.85. The number of hydrogen-bond acceptors (Lipinski definition) is 2. The number of hydrogen-bond donors (Lipinski definition) is 0. The van der Waals surface area contributed by atoms with Crippen LogP contribution in [0.3, 0.4) is 0 Å². The lowest BCUT2D eigenvalue weighted by Gasteiger charge is -2.36. The van der Waals surface area contributed by atoms with Gasteiger partial charge in [0.1, 0.15) is 0 Å². The van der Waals surface area contributed by atoms with Crippen molar-refractivity contribution in [1.82, 2.24) is 0 Å². The summed E-state index contributed by atoms with van der Waals surface area (Å²) in [4.78, 5) is 0. The second-order valence-electron chi connectivity index (χ2n) is 11.4. The SMILES string of the molecule is CO/C(=C/B(C1CCCCC1)C1CCCCC1)OB(C1CCCCC1)C1CCCCC1. The molecule has 0 amide bonds. The van der Waals surface area contributed by atoms with Crippen molar-refractivity contribution in [2.45, 2.75) is 152 Å². The molecule has 0 atom stereocenters. The molecule has 4 rings (SSSR count). The highest BCUT2D eigenvalue weighted by Crippen LogP contribution is 2.44. The average Bonchev–Trinajstić information content (AvgIpc) is 2.86. The largest absolute Gasteiger partial charge is 0.536 e. The first-order valence-corrected chi connectivity index (χ1v) is 14.3. The van der Waals surface area contributed by atoms with E-state index < -0.39 is 0 Å². The van der Waals surface area contributed by atoms with Crippen LogP contribution in [0.5, 0.6) is 0 Å². The van der Waals surface area contributed by atoms with Gasteiger partial charge in [0.2, 0.25) is 5.95 Å². The first-order chi connectivity index (χ1) is 15.3. The minimum Gasteiger partial charge on any atom is -0.536 e. The summed E-state index contributed by atoms with van der Waals surface area (Å²) in [6, 6.07) is 0. The van der Waals surface area contributed by atoms with Crippen molar-refractivity contribution < 1.29 is 9.39 Å². The van der Waals surface area contributed by atoms with Crippen LogP contribution in [0.1, 0.15) is 128 Å². The maximum atomic E-state index is 6.93. The molecule has 0 radical (unpaired) electrons. The first-order valence-electron chi connectivity index (χ1n) is 14.3. The highest BCUT2D eigenvalue weighted by atomic mass is 16.6. The Hall–Kier alpha value is -0.530. The van der Waals surface area contributed by atoms with Gasteiger partial charge in [-0.25, -0.2) is 0 Å². The van der Waals surface area contributed by atoms with Gasteiger partial charge in [-0.15, -0.1) is 0 Å². The van der Waals surface area contributed by atoms with E-state index in [4.69, 9.17) is 9.39 Å². The molecule has 4 heteroatoms. The van der Waals surface area contributed by atoms with Gasteiger partial charge in [0.05, 0.1) is 7.11 Å². The zero-order valence-electron chi connectivity index (χ0n) is 20.5. The fourth-order valence-electron chi connectivity index (χ4n) is 7.64. The van der Waals surface area contributed by atoms with Gasteiger partial charge in [-0.2, -0.15) is 0 Å². The topological polar surface area (TPSA) is 18.5 Å². The van der Waals surface area contributed by atoms with Gasteiger partial charge < -0.3 is 9.39 Å². The van der Waals surface area contributed by atoms with E-state index in [-0.39, 0.29) is 0 Å². The molecule has 0 aliphatic heterocycles. The highest BCUT2D eigenvalue weighted by molar-refractivity contribution is 6.67. The molecule has 4 aliphatic rings. The molecule has 0 aromatic heterocycles. The summed E-state index contributed by atoms with van der Waals surface area (Å²) in [6.07, 6.45) is 28.2. The number of ether oxygens (including phenoxy) is 1. The highest BCUT2D eigenvalue weighted by Gasteiger charge is 2.40. The van der Waals surface area contributed by atoms with Crippen LogP contribution in [0.15, 0.2) is 11.9 Å². The van der Waals surface area contributed by atoms with E-state index in [1.807, 2.05) is 7.11 Å². The summed E-state index contributed by atoms with van der Waals surface area (Å²) >= 11 is 0. The lowest BCUT2D eigenvalue weighted by molar-refractivity contribution is 0.143. The Balaban J connectivity index is 1.51. The third-order valence-corrected chi connectivity index (χ3v) is 9.40. The molecule has 0 unspecified atom stereocenters. The van der Waals surface area contributed by atoms with E-state index in [9.17, 15) is 0 Å². The Kier molecular flexibility index (Phi) is 9.63. The number of methoxy groups -OCH3 is 1. The zero-order valence-corrected chi connectivity index (χ0v) is 20.5. The van der Waals surface area contributed by atoms with Crippen molar-refractivity contribution in [3.63, 3.8) is 0 Å². The molecule has 0 bridgehead atoms. The monoisotopic (exact) mass is 426 g/mol. The van der Waals surface area contributed by atoms with Gasteiger partial charge in [-0.3, -0.25) is 0 Å². The standard InChI is InChI=1S/C27H48B2O2/c1-30-27(22-28(23-14-6-2-7-15-23)24-16-8-3-9-17-24)31-29(25-18-10-4-11-19-25)26-20-12-5-13-21-26/h22-26H,2-21H2,1H3/b27-22-. The molecular weight excluding hydrogens is 378 g/mol. The molecule has 174 valence electrons. The summed E-state index contributed by atoms with van der Waals surface area (Å²) in [7, 11) is 1.86. The normalized spacial score (nSPS) is 25.9. The van der Waals surface area contributed by atoms with Gasteiger partial charge in [-0.1, -0.05) is 140 Å². The van der Waals surface area contributed by atoms with Crippen LogP contribution in [-0.2, 0) is 9.39 Å². The van der Waals surface area contributed by atoms with Crippen LogP contribution in [-0.4, -0.2) is 20.7 Å². The quantitative estimate of drug-likeness (QED) is 0.285. The Labute approximate surface area is 193 Å². The maximum Gasteiger partial charge on any atom is 0.368 e. The van der Waals surface area contributed by atoms with E-state index in [0.717, 1.165) is 29.2 Å². The molecule has 2 nitrogen and oxygen atoms in total. The van der Waals surface area contributed by atoms with Crippen LogP contribution >= 0.6 is 0 Å². The molecule has 31 heavy (non-hydrogen) atoms. The smallest absolute Gasteiger partial charge is 0.368 e. The van der Waals surface area contributed by atoms with Crippen LogP contribution in [0.4, 0.5) is 0 Å². The zero-order chi connectivity index (χ0) is 21.3. The summed E-state index contributed by atoms with van der Waals surface area (Å²) in [6.45, 7) is 1.07. The van der Waals surface area contributed by atoms with E-state index in [2.05, 4.69) is 5.98 Å². The fourth-order valence-corrected chi connectivity index (χ4v) is 7.64. The second-order valence-corrected chi connectivity index (χ2v) is 11.4.